The lowest BCUT2D eigenvalue weighted by Crippen LogP contribution is -2.28. The van der Waals surface area contributed by atoms with Crippen molar-refractivity contribution in [3.8, 4) is 17.2 Å². The summed E-state index contributed by atoms with van der Waals surface area (Å²) in [6.45, 7) is 19.5. The number of aliphatic hydroxyl groups excluding tert-OH is 1. The summed E-state index contributed by atoms with van der Waals surface area (Å²) in [4.78, 5) is 32.7. The Bertz CT molecular complexity index is 1570. The van der Waals surface area contributed by atoms with Crippen molar-refractivity contribution in [2.24, 2.45) is 5.73 Å². The summed E-state index contributed by atoms with van der Waals surface area (Å²) in [6.07, 6.45) is 10.8. The van der Waals surface area contributed by atoms with Gasteiger partial charge in [0.05, 0.1) is 19.7 Å². The molecule has 0 bridgehead atoms. The smallest absolute Gasteiger partial charge is 0.407 e. The fraction of sp³-hybridized carbons (Fsp3) is 0.481. The summed E-state index contributed by atoms with van der Waals surface area (Å²) in [5.41, 5.74) is 9.11. The number of phenolic OH excluding ortho intramolecular Hbond substituents is 1. The third-order valence-electron chi connectivity index (χ3n) is 7.70. The first-order valence-corrected chi connectivity index (χ1v) is 21.3. The van der Waals surface area contributed by atoms with Gasteiger partial charge in [-0.15, -0.1) is 0 Å². The van der Waals surface area contributed by atoms with Gasteiger partial charge >= 0.3 is 18.3 Å². The predicted molar refractivity (Wildman–Crippen MR) is 275 cm³/mol. The van der Waals surface area contributed by atoms with Crippen molar-refractivity contribution in [1.29, 1.82) is 0 Å². The van der Waals surface area contributed by atoms with Crippen LogP contribution in [0, 0.1) is 0 Å². The number of amides is 3. The van der Waals surface area contributed by atoms with Gasteiger partial charge in [-0.1, -0.05) is 131 Å². The molecule has 3 amide bonds. The van der Waals surface area contributed by atoms with E-state index < -0.39 is 18.3 Å². The summed E-state index contributed by atoms with van der Waals surface area (Å²) in [7, 11) is 0. The summed E-state index contributed by atoms with van der Waals surface area (Å²) in [6, 6.07) is 23.2. The highest BCUT2D eigenvalue weighted by Crippen LogP contribution is 2.15. The number of ether oxygens (including phenoxy) is 6. The Kier molecular flexibility index (Phi) is 53.2. The second kappa shape index (κ2) is 51.0. The number of aromatic hydroxyl groups is 1. The lowest BCUT2D eigenvalue weighted by Gasteiger charge is -2.08. The van der Waals surface area contributed by atoms with Crippen LogP contribution in [0.25, 0.3) is 0 Å². The van der Waals surface area contributed by atoms with Gasteiger partial charge in [0.1, 0.15) is 50.3 Å². The Balaban J connectivity index is -0.000000249. The molecular weight excluding hydrogens is 857 g/mol. The minimum absolute atomic E-state index is 0. The standard InChI is InChI=1S/C15H21NO3.C14H20N2O3.C9H12O.C6H11NO3.C4H8O.4CH4/c1-3-6-13-7-5-8-14(12-13)18-11-9-16-15(17)19-10-4-2;1-2-9-19-14(17)16-8-10-18-13-5-3-4-12(11-13)6-7-15;1-2-4-8-5-3-6-9(10)7-8;1-2-5-10-6(9)7-3-4-8;1-2-4-5-3-1;;;;/h4-5,7-8,12H,2-3,6,9-11H2,1H3,(H,16,17);2-5,11H,1,6-10,15H2,(H,16,17);3,5-7,10H,2,4H2,1H3;2,8H,1,3-5H2,(H,7,9);1-4H2;4*1H4. The number of nitrogens with two attached hydrogens (primary N) is 1. The molecule has 382 valence electrons. The summed E-state index contributed by atoms with van der Waals surface area (Å²) < 4.78 is 30.1. The highest BCUT2D eigenvalue weighted by atomic mass is 16.6. The molecule has 1 aliphatic heterocycles. The van der Waals surface area contributed by atoms with Crippen molar-refractivity contribution in [3.05, 3.63) is 127 Å². The zero-order chi connectivity index (χ0) is 46.6. The fourth-order valence-electron chi connectivity index (χ4n) is 4.91. The normalized spacial score (nSPS) is 10.0. The lowest BCUT2D eigenvalue weighted by atomic mass is 10.1. The third-order valence-corrected chi connectivity index (χ3v) is 7.70. The van der Waals surface area contributed by atoms with Crippen LogP contribution < -0.4 is 31.2 Å². The van der Waals surface area contributed by atoms with E-state index in [2.05, 4.69) is 60.3 Å². The van der Waals surface area contributed by atoms with Crippen LogP contribution in [0.15, 0.2) is 111 Å². The molecular formula is C52H88N4O11. The molecule has 0 unspecified atom stereocenters. The summed E-state index contributed by atoms with van der Waals surface area (Å²) >= 11 is 0. The second-order valence-corrected chi connectivity index (χ2v) is 13.2. The Hall–Kier alpha value is -6.03. The van der Waals surface area contributed by atoms with Crippen LogP contribution in [-0.2, 0) is 38.2 Å². The van der Waals surface area contributed by atoms with Crippen molar-refractivity contribution in [1.82, 2.24) is 16.0 Å². The topological polar surface area (TPSA) is 209 Å². The maximum absolute atomic E-state index is 11.1. The molecule has 0 radical (unpaired) electrons. The van der Waals surface area contributed by atoms with Gasteiger partial charge in [0.2, 0.25) is 0 Å². The first-order valence-electron chi connectivity index (χ1n) is 21.3. The van der Waals surface area contributed by atoms with Crippen LogP contribution in [0.2, 0.25) is 0 Å². The van der Waals surface area contributed by atoms with Gasteiger partial charge in [0, 0.05) is 19.8 Å². The van der Waals surface area contributed by atoms with Gasteiger partial charge in [-0.25, -0.2) is 14.4 Å². The Morgan fingerprint density at radius 2 is 1.01 bits per heavy atom. The molecule has 0 aliphatic carbocycles. The molecule has 3 aromatic rings. The van der Waals surface area contributed by atoms with Crippen LogP contribution >= 0.6 is 0 Å². The van der Waals surface area contributed by atoms with Crippen LogP contribution in [0.5, 0.6) is 17.2 Å². The van der Waals surface area contributed by atoms with Crippen LogP contribution in [-0.4, -0.2) is 108 Å². The number of alkyl carbamates (subject to hydrolysis) is 3. The van der Waals surface area contributed by atoms with E-state index >= 15 is 0 Å². The zero-order valence-corrected chi connectivity index (χ0v) is 37.4. The highest BCUT2D eigenvalue weighted by molar-refractivity contribution is 5.67. The third kappa shape index (κ3) is 43.6. The number of hydrogen-bond acceptors (Lipinski definition) is 12. The SMILES string of the molecule is C.C.C.C.C1CCOC1.C=CCOC(=O)NCCO.C=CCOC(=O)NCCOc1cccc(CCC)c1.C=CCOC(=O)NCCOc1cccc(CCN)c1.CCCc1cccc(O)c1. The number of aliphatic hydroxyl groups is 1. The maximum atomic E-state index is 11.1. The number of aryl methyl sites for hydroxylation is 2. The molecule has 7 N–H and O–H groups in total. The van der Waals surface area contributed by atoms with Crippen molar-refractivity contribution >= 4 is 18.3 Å². The van der Waals surface area contributed by atoms with Crippen molar-refractivity contribution in [3.63, 3.8) is 0 Å². The maximum Gasteiger partial charge on any atom is 0.407 e. The molecule has 1 saturated heterocycles. The second-order valence-electron chi connectivity index (χ2n) is 13.2. The summed E-state index contributed by atoms with van der Waals surface area (Å²) in [5, 5.41) is 24.8. The molecule has 0 aromatic heterocycles. The van der Waals surface area contributed by atoms with Gasteiger partial charge in [0.15, 0.2) is 0 Å². The van der Waals surface area contributed by atoms with E-state index in [0.29, 0.717) is 38.6 Å². The largest absolute Gasteiger partial charge is 0.508 e. The zero-order valence-electron chi connectivity index (χ0n) is 37.4. The average Bonchev–Trinajstić information content (AvgIpc) is 3.89. The van der Waals surface area contributed by atoms with Gasteiger partial charge in [-0.2, -0.15) is 0 Å². The first-order chi connectivity index (χ1) is 30.6. The van der Waals surface area contributed by atoms with Crippen molar-refractivity contribution < 1.29 is 53.0 Å². The van der Waals surface area contributed by atoms with Gasteiger partial charge in [-0.3, -0.25) is 0 Å². The number of hydrogen-bond donors (Lipinski definition) is 6. The average molecular weight is 945 g/mol. The lowest BCUT2D eigenvalue weighted by molar-refractivity contribution is 0.154. The minimum atomic E-state index is -0.533. The molecule has 1 heterocycles. The highest BCUT2D eigenvalue weighted by Gasteiger charge is 2.02. The number of carbonyl (C=O) groups is 3. The first kappa shape index (κ1) is 70.0. The molecule has 15 nitrogen and oxygen atoms in total. The molecule has 67 heavy (non-hydrogen) atoms. The number of carbonyl (C=O) groups excluding carboxylic acids is 3. The quantitative estimate of drug-likeness (QED) is 0.0316. The Morgan fingerprint density at radius 1 is 0.627 bits per heavy atom. The van der Waals surface area contributed by atoms with Crippen LogP contribution in [0.1, 0.15) is 85.9 Å². The summed E-state index contributed by atoms with van der Waals surface area (Å²) in [5.74, 6) is 1.96. The number of rotatable bonds is 22. The van der Waals surface area contributed by atoms with Gasteiger partial charge in [-0.05, 0) is 91.7 Å². The molecule has 0 saturated carbocycles. The molecule has 1 aliphatic rings. The fourth-order valence-corrected chi connectivity index (χ4v) is 4.91. The molecule has 4 rings (SSSR count). The Morgan fingerprint density at radius 3 is 1.36 bits per heavy atom. The number of nitrogens with one attached hydrogen (secondary N) is 3. The van der Waals surface area contributed by atoms with E-state index in [1.54, 1.807) is 6.07 Å². The van der Waals surface area contributed by atoms with Crippen molar-refractivity contribution in [2.75, 3.05) is 79.0 Å². The van der Waals surface area contributed by atoms with E-state index in [4.69, 9.17) is 39.6 Å². The van der Waals surface area contributed by atoms with E-state index in [-0.39, 0.29) is 62.7 Å². The molecule has 1 fully saturated rings. The predicted octanol–water partition coefficient (Wildman–Crippen LogP) is 9.99. The van der Waals surface area contributed by atoms with Crippen LogP contribution in [0.3, 0.4) is 0 Å². The van der Waals surface area contributed by atoms with Gasteiger partial charge < -0.3 is 60.3 Å². The van der Waals surface area contributed by atoms with Crippen molar-refractivity contribution in [2.45, 2.75) is 88.5 Å². The Labute approximate surface area is 404 Å². The minimum Gasteiger partial charge on any atom is -0.508 e. The van der Waals surface area contributed by atoms with E-state index in [0.717, 1.165) is 62.4 Å². The molecule has 0 spiro atoms. The van der Waals surface area contributed by atoms with E-state index in [9.17, 15) is 14.4 Å². The van der Waals surface area contributed by atoms with E-state index in [1.807, 2.05) is 60.7 Å². The van der Waals surface area contributed by atoms with E-state index in [1.165, 1.54) is 42.2 Å². The number of phenols is 1. The number of benzene rings is 3. The monoisotopic (exact) mass is 945 g/mol. The molecule has 15 heteroatoms. The molecule has 3 aromatic carbocycles. The van der Waals surface area contributed by atoms with Gasteiger partial charge in [0.25, 0.3) is 0 Å². The van der Waals surface area contributed by atoms with Crippen LogP contribution in [0.4, 0.5) is 14.4 Å². The molecule has 0 atom stereocenters.